The number of amides is 1. The number of piperidine rings is 1. The molecule has 0 bridgehead atoms. The molecule has 26 heavy (non-hydrogen) atoms. The van der Waals surface area contributed by atoms with Gasteiger partial charge in [0.05, 0.1) is 0 Å². The summed E-state index contributed by atoms with van der Waals surface area (Å²) in [5, 5.41) is 7.48. The Hall–Kier alpha value is -1.53. The number of nitrogens with zero attached hydrogens (tertiary/aromatic N) is 2. The number of halogens is 1. The molecule has 1 aromatic heterocycles. The summed E-state index contributed by atoms with van der Waals surface area (Å²) >= 11 is 6.02. The number of aromatic nitrogens is 1. The van der Waals surface area contributed by atoms with Crippen LogP contribution in [0.5, 0.6) is 0 Å². The van der Waals surface area contributed by atoms with E-state index in [-0.39, 0.29) is 6.09 Å². The molecule has 1 aromatic rings. The Morgan fingerprint density at radius 1 is 1.38 bits per heavy atom. The van der Waals surface area contributed by atoms with E-state index in [1.807, 2.05) is 33.0 Å². The summed E-state index contributed by atoms with van der Waals surface area (Å²) in [5.41, 5.74) is 1.66. The maximum Gasteiger partial charge on any atom is 0.410 e. The van der Waals surface area contributed by atoms with Crippen molar-refractivity contribution in [3.05, 3.63) is 23.0 Å². The van der Waals surface area contributed by atoms with Gasteiger partial charge in [-0.1, -0.05) is 11.6 Å². The van der Waals surface area contributed by atoms with E-state index in [2.05, 4.69) is 29.5 Å². The van der Waals surface area contributed by atoms with Crippen LogP contribution in [0.15, 0.2) is 12.3 Å². The minimum absolute atomic E-state index is 0.221. The van der Waals surface area contributed by atoms with Gasteiger partial charge in [-0.25, -0.2) is 9.78 Å². The molecular weight excluding hydrogens is 352 g/mol. The summed E-state index contributed by atoms with van der Waals surface area (Å²) in [6, 6.07) is 2.56. The topological polar surface area (TPSA) is 66.5 Å². The van der Waals surface area contributed by atoms with Crippen LogP contribution in [-0.4, -0.2) is 46.8 Å². The van der Waals surface area contributed by atoms with Crippen molar-refractivity contribution in [1.82, 2.24) is 15.2 Å². The van der Waals surface area contributed by atoms with E-state index >= 15 is 0 Å². The number of anilines is 1. The van der Waals surface area contributed by atoms with Crippen LogP contribution in [0.25, 0.3) is 0 Å². The Labute approximate surface area is 161 Å². The smallest absolute Gasteiger partial charge is 0.410 e. The minimum atomic E-state index is -0.451. The van der Waals surface area contributed by atoms with E-state index < -0.39 is 5.60 Å². The van der Waals surface area contributed by atoms with Crippen LogP contribution in [-0.2, 0) is 11.3 Å². The number of rotatable bonds is 5. The van der Waals surface area contributed by atoms with Crippen LogP contribution < -0.4 is 10.6 Å². The second kappa shape index (κ2) is 8.91. The highest BCUT2D eigenvalue weighted by molar-refractivity contribution is 6.29. The lowest BCUT2D eigenvalue weighted by molar-refractivity contribution is 0.0198. The largest absolute Gasteiger partial charge is 0.444 e. The molecule has 1 aliphatic heterocycles. The van der Waals surface area contributed by atoms with Crippen LogP contribution in [0.4, 0.5) is 10.5 Å². The standard InChI is InChI=1S/C19H31ClN4O2/c1-13(2)23-16-10-17(20)22-12-14(16)11-21-15-6-8-24(9-7-15)18(25)26-19(3,4)5/h10,12-13,15,21H,6-9,11H2,1-5H3,(H,22,23). The van der Waals surface area contributed by atoms with Crippen LogP contribution in [0.3, 0.4) is 0 Å². The predicted octanol–water partition coefficient (Wildman–Crippen LogP) is 4.04. The molecule has 0 spiro atoms. The molecule has 0 aliphatic carbocycles. The lowest BCUT2D eigenvalue weighted by atomic mass is 10.0. The molecule has 2 heterocycles. The van der Waals surface area contributed by atoms with Gasteiger partial charge in [0.15, 0.2) is 0 Å². The van der Waals surface area contributed by atoms with Crippen LogP contribution >= 0.6 is 11.6 Å². The highest BCUT2D eigenvalue weighted by atomic mass is 35.5. The van der Waals surface area contributed by atoms with E-state index in [9.17, 15) is 4.79 Å². The summed E-state index contributed by atoms with van der Waals surface area (Å²) in [6.45, 7) is 12.0. The second-order valence-corrected chi connectivity index (χ2v) is 8.47. The number of ether oxygens (including phenoxy) is 1. The molecular formula is C19H31ClN4O2. The summed E-state index contributed by atoms with van der Waals surface area (Å²) < 4.78 is 5.44. The molecule has 0 aromatic carbocycles. The zero-order valence-electron chi connectivity index (χ0n) is 16.4. The third kappa shape index (κ3) is 6.65. The maximum atomic E-state index is 12.1. The average molecular weight is 383 g/mol. The van der Waals surface area contributed by atoms with Gasteiger partial charge in [0.25, 0.3) is 0 Å². The molecule has 1 amide bonds. The Morgan fingerprint density at radius 3 is 2.62 bits per heavy atom. The van der Waals surface area contributed by atoms with Gasteiger partial charge in [0.1, 0.15) is 10.8 Å². The molecule has 146 valence electrons. The van der Waals surface area contributed by atoms with Gasteiger partial charge in [-0.3, -0.25) is 0 Å². The molecule has 0 unspecified atom stereocenters. The number of pyridine rings is 1. The van der Waals surface area contributed by atoms with Gasteiger partial charge in [-0.05, 0) is 53.5 Å². The maximum absolute atomic E-state index is 12.1. The Kier molecular flexibility index (Phi) is 7.12. The van der Waals surface area contributed by atoms with E-state index in [4.69, 9.17) is 16.3 Å². The average Bonchev–Trinajstić information content (AvgIpc) is 2.52. The Bertz CT molecular complexity index is 608. The van der Waals surface area contributed by atoms with Gasteiger partial charge >= 0.3 is 6.09 Å². The Balaban J connectivity index is 1.84. The van der Waals surface area contributed by atoms with Crippen molar-refractivity contribution in [3.8, 4) is 0 Å². The van der Waals surface area contributed by atoms with Crippen molar-refractivity contribution in [2.75, 3.05) is 18.4 Å². The third-order valence-corrected chi connectivity index (χ3v) is 4.33. The number of hydrogen-bond donors (Lipinski definition) is 2. The molecule has 1 saturated heterocycles. The fourth-order valence-corrected chi connectivity index (χ4v) is 3.05. The fourth-order valence-electron chi connectivity index (χ4n) is 2.89. The van der Waals surface area contributed by atoms with Gasteiger partial charge in [0.2, 0.25) is 0 Å². The molecule has 1 fully saturated rings. The zero-order valence-corrected chi connectivity index (χ0v) is 17.2. The SMILES string of the molecule is CC(C)Nc1cc(Cl)ncc1CNC1CCN(C(=O)OC(C)(C)C)CC1. The highest BCUT2D eigenvalue weighted by Gasteiger charge is 2.26. The summed E-state index contributed by atoms with van der Waals surface area (Å²) in [7, 11) is 0. The number of carbonyl (C=O) groups is 1. The first-order chi connectivity index (χ1) is 12.1. The fraction of sp³-hybridized carbons (Fsp3) is 0.684. The van der Waals surface area contributed by atoms with E-state index in [0.29, 0.717) is 30.3 Å². The van der Waals surface area contributed by atoms with Crippen molar-refractivity contribution in [2.45, 2.75) is 71.7 Å². The van der Waals surface area contributed by atoms with Crippen molar-refractivity contribution in [2.24, 2.45) is 0 Å². The molecule has 1 aliphatic rings. The van der Waals surface area contributed by atoms with Crippen molar-refractivity contribution in [1.29, 1.82) is 0 Å². The number of nitrogens with one attached hydrogen (secondary N) is 2. The molecule has 2 rings (SSSR count). The van der Waals surface area contributed by atoms with E-state index in [0.717, 1.165) is 30.6 Å². The molecule has 0 atom stereocenters. The first kappa shape index (κ1) is 20.8. The van der Waals surface area contributed by atoms with Gasteiger partial charge in [-0.2, -0.15) is 0 Å². The normalized spacial score (nSPS) is 16.0. The van der Waals surface area contributed by atoms with Crippen molar-refractivity contribution < 1.29 is 9.53 Å². The molecule has 6 nitrogen and oxygen atoms in total. The third-order valence-electron chi connectivity index (χ3n) is 4.13. The van der Waals surface area contributed by atoms with Crippen LogP contribution in [0.1, 0.15) is 53.0 Å². The van der Waals surface area contributed by atoms with Crippen molar-refractivity contribution >= 4 is 23.4 Å². The summed E-state index contributed by atoms with van der Waals surface area (Å²) in [6.07, 6.45) is 3.41. The molecule has 7 heteroatoms. The monoisotopic (exact) mass is 382 g/mol. The first-order valence-corrected chi connectivity index (χ1v) is 9.64. The lowest BCUT2D eigenvalue weighted by Gasteiger charge is -2.34. The molecule has 0 radical (unpaired) electrons. The van der Waals surface area contributed by atoms with Crippen molar-refractivity contribution in [3.63, 3.8) is 0 Å². The van der Waals surface area contributed by atoms with E-state index in [1.165, 1.54) is 0 Å². The summed E-state index contributed by atoms with van der Waals surface area (Å²) in [4.78, 5) is 18.1. The minimum Gasteiger partial charge on any atom is -0.444 e. The van der Waals surface area contributed by atoms with E-state index in [1.54, 1.807) is 4.90 Å². The van der Waals surface area contributed by atoms with Gasteiger partial charge in [-0.15, -0.1) is 0 Å². The number of likely N-dealkylation sites (tertiary alicyclic amines) is 1. The van der Waals surface area contributed by atoms with Gasteiger partial charge in [0, 0.05) is 49.2 Å². The quantitative estimate of drug-likeness (QED) is 0.752. The zero-order chi connectivity index (χ0) is 19.3. The van der Waals surface area contributed by atoms with Crippen LogP contribution in [0.2, 0.25) is 5.15 Å². The lowest BCUT2D eigenvalue weighted by Crippen LogP contribution is -2.46. The van der Waals surface area contributed by atoms with Crippen LogP contribution in [0, 0.1) is 0 Å². The summed E-state index contributed by atoms with van der Waals surface area (Å²) in [5.74, 6) is 0. The highest BCUT2D eigenvalue weighted by Crippen LogP contribution is 2.21. The Morgan fingerprint density at radius 2 is 2.04 bits per heavy atom. The first-order valence-electron chi connectivity index (χ1n) is 9.26. The predicted molar refractivity (Wildman–Crippen MR) is 106 cm³/mol. The molecule has 0 saturated carbocycles. The second-order valence-electron chi connectivity index (χ2n) is 8.09. The number of hydrogen-bond acceptors (Lipinski definition) is 5. The molecule has 2 N–H and O–H groups in total. The number of carbonyl (C=O) groups excluding carboxylic acids is 1. The van der Waals surface area contributed by atoms with Gasteiger partial charge < -0.3 is 20.3 Å².